The molecule has 35 heavy (non-hydrogen) atoms. The Bertz CT molecular complexity index is 1160. The predicted octanol–water partition coefficient (Wildman–Crippen LogP) is 5.82. The lowest BCUT2D eigenvalue weighted by molar-refractivity contribution is -0.127. The number of hydrogen-bond acceptors (Lipinski definition) is 4. The lowest BCUT2D eigenvalue weighted by Crippen LogP contribution is -2.44. The highest BCUT2D eigenvalue weighted by Crippen LogP contribution is 2.29. The Balaban J connectivity index is 1.18. The standard InChI is InChI=1S/C29H35N3O3/c1-20(27(33)30-24-11-7-2-3-8-12-24)21-15-17-32(18-16-21)29(34)23-13-14-26-25(19-23)31-28(35-26)22-9-5-4-6-10-22/h4-6,9-10,13-14,19-21,24H,2-3,7-8,11-12,15-18H2,1H3,(H,30,33)/t20-/m0/s1. The number of carbonyl (C=O) groups is 2. The van der Waals surface area contributed by atoms with E-state index in [0.29, 0.717) is 47.6 Å². The third-order valence-corrected chi connectivity index (χ3v) is 7.80. The number of nitrogens with zero attached hydrogens (tertiary/aromatic N) is 2. The van der Waals surface area contributed by atoms with E-state index in [0.717, 1.165) is 31.2 Å². The molecule has 3 aromatic rings. The van der Waals surface area contributed by atoms with E-state index < -0.39 is 0 Å². The minimum Gasteiger partial charge on any atom is -0.436 e. The Labute approximate surface area is 207 Å². The summed E-state index contributed by atoms with van der Waals surface area (Å²) in [5.74, 6) is 1.06. The minimum atomic E-state index is -0.0154. The summed E-state index contributed by atoms with van der Waals surface area (Å²) >= 11 is 0. The molecule has 0 spiro atoms. The second-order valence-corrected chi connectivity index (χ2v) is 10.2. The van der Waals surface area contributed by atoms with Crippen molar-refractivity contribution >= 4 is 22.9 Å². The van der Waals surface area contributed by atoms with Gasteiger partial charge in [-0.15, -0.1) is 0 Å². The lowest BCUT2D eigenvalue weighted by Gasteiger charge is -2.35. The lowest BCUT2D eigenvalue weighted by atomic mass is 9.84. The molecule has 5 rings (SSSR count). The Morgan fingerprint density at radius 3 is 2.40 bits per heavy atom. The van der Waals surface area contributed by atoms with Crippen molar-refractivity contribution in [3.05, 3.63) is 54.1 Å². The van der Waals surface area contributed by atoms with Gasteiger partial charge in [0.25, 0.3) is 5.91 Å². The van der Waals surface area contributed by atoms with Gasteiger partial charge in [0.05, 0.1) is 0 Å². The van der Waals surface area contributed by atoms with Gasteiger partial charge in [0.15, 0.2) is 5.58 Å². The van der Waals surface area contributed by atoms with Crippen molar-refractivity contribution in [2.45, 2.75) is 64.3 Å². The largest absolute Gasteiger partial charge is 0.436 e. The number of nitrogens with one attached hydrogen (secondary N) is 1. The van der Waals surface area contributed by atoms with Gasteiger partial charge in [-0.1, -0.05) is 50.8 Å². The summed E-state index contributed by atoms with van der Waals surface area (Å²) in [6.07, 6.45) is 8.92. The van der Waals surface area contributed by atoms with Gasteiger partial charge < -0.3 is 14.6 Å². The van der Waals surface area contributed by atoms with E-state index in [9.17, 15) is 9.59 Å². The van der Waals surface area contributed by atoms with E-state index >= 15 is 0 Å². The summed E-state index contributed by atoms with van der Waals surface area (Å²) in [4.78, 5) is 32.6. The maximum atomic E-state index is 13.2. The van der Waals surface area contributed by atoms with Gasteiger partial charge in [0.1, 0.15) is 5.52 Å². The molecule has 0 unspecified atom stereocenters. The number of amides is 2. The third kappa shape index (κ3) is 5.42. The first-order valence-corrected chi connectivity index (χ1v) is 13.1. The van der Waals surface area contributed by atoms with Crippen LogP contribution in [0.2, 0.25) is 0 Å². The molecule has 2 aliphatic rings. The van der Waals surface area contributed by atoms with Crippen molar-refractivity contribution in [2.75, 3.05) is 13.1 Å². The van der Waals surface area contributed by atoms with E-state index in [4.69, 9.17) is 4.42 Å². The first kappa shape index (κ1) is 23.6. The van der Waals surface area contributed by atoms with E-state index in [1.165, 1.54) is 25.7 Å². The first-order valence-electron chi connectivity index (χ1n) is 13.1. The number of rotatable bonds is 5. The van der Waals surface area contributed by atoms with Crippen LogP contribution in [-0.4, -0.2) is 40.8 Å². The summed E-state index contributed by atoms with van der Waals surface area (Å²) in [6, 6.07) is 15.6. The fraction of sp³-hybridized carbons (Fsp3) is 0.483. The molecule has 2 amide bonds. The van der Waals surface area contributed by atoms with Gasteiger partial charge in [-0.05, 0) is 61.9 Å². The number of carbonyl (C=O) groups excluding carboxylic acids is 2. The second kappa shape index (κ2) is 10.6. The van der Waals surface area contributed by atoms with E-state index in [-0.39, 0.29) is 17.7 Å². The molecule has 184 valence electrons. The van der Waals surface area contributed by atoms with Crippen LogP contribution in [0.3, 0.4) is 0 Å². The molecule has 1 aromatic heterocycles. The summed E-state index contributed by atoms with van der Waals surface area (Å²) in [6.45, 7) is 3.41. The van der Waals surface area contributed by atoms with Gasteiger partial charge in [-0.25, -0.2) is 4.98 Å². The van der Waals surface area contributed by atoms with Gasteiger partial charge >= 0.3 is 0 Å². The monoisotopic (exact) mass is 473 g/mol. The van der Waals surface area contributed by atoms with Crippen molar-refractivity contribution in [2.24, 2.45) is 11.8 Å². The number of aromatic nitrogens is 1. The SMILES string of the molecule is C[C@H](C(=O)NC1CCCCCC1)C1CCN(C(=O)c2ccc3oc(-c4ccccc4)nc3c2)CC1. The topological polar surface area (TPSA) is 75.4 Å². The maximum absolute atomic E-state index is 13.2. The minimum absolute atomic E-state index is 0.0154. The number of benzene rings is 2. The van der Waals surface area contributed by atoms with Crippen LogP contribution in [0.25, 0.3) is 22.6 Å². The average molecular weight is 474 g/mol. The van der Waals surface area contributed by atoms with Gasteiger partial charge in [0.2, 0.25) is 11.8 Å². The van der Waals surface area contributed by atoms with Crippen molar-refractivity contribution in [3.8, 4) is 11.5 Å². The van der Waals surface area contributed by atoms with Crippen molar-refractivity contribution in [1.82, 2.24) is 15.2 Å². The Hall–Kier alpha value is -3.15. The van der Waals surface area contributed by atoms with E-state index in [1.54, 1.807) is 0 Å². The number of piperidine rings is 1. The number of fused-ring (bicyclic) bond motifs is 1. The van der Waals surface area contributed by atoms with Crippen LogP contribution >= 0.6 is 0 Å². The highest BCUT2D eigenvalue weighted by atomic mass is 16.3. The van der Waals surface area contributed by atoms with Crippen LogP contribution in [0.4, 0.5) is 0 Å². The van der Waals surface area contributed by atoms with Crippen LogP contribution in [-0.2, 0) is 4.79 Å². The van der Waals surface area contributed by atoms with Crippen LogP contribution in [0.15, 0.2) is 52.9 Å². The fourth-order valence-electron chi connectivity index (χ4n) is 5.52. The molecule has 2 heterocycles. The molecule has 1 aliphatic carbocycles. The number of hydrogen-bond donors (Lipinski definition) is 1. The van der Waals surface area contributed by atoms with Crippen molar-refractivity contribution < 1.29 is 14.0 Å². The third-order valence-electron chi connectivity index (χ3n) is 7.80. The highest BCUT2D eigenvalue weighted by molar-refractivity contribution is 5.97. The smallest absolute Gasteiger partial charge is 0.253 e. The van der Waals surface area contributed by atoms with Crippen molar-refractivity contribution in [3.63, 3.8) is 0 Å². The zero-order chi connectivity index (χ0) is 24.2. The van der Waals surface area contributed by atoms with Crippen LogP contribution in [0, 0.1) is 11.8 Å². The van der Waals surface area contributed by atoms with Crippen molar-refractivity contribution in [1.29, 1.82) is 0 Å². The van der Waals surface area contributed by atoms with Gasteiger partial charge in [-0.2, -0.15) is 0 Å². The summed E-state index contributed by atoms with van der Waals surface area (Å²) in [5.41, 5.74) is 2.90. The number of oxazole rings is 1. The maximum Gasteiger partial charge on any atom is 0.253 e. The van der Waals surface area contributed by atoms with Crippen LogP contribution < -0.4 is 5.32 Å². The molecule has 6 heteroatoms. The molecule has 1 atom stereocenters. The molecule has 1 N–H and O–H groups in total. The average Bonchev–Trinajstić information content (AvgIpc) is 3.17. The Morgan fingerprint density at radius 1 is 0.971 bits per heavy atom. The molecule has 2 aromatic carbocycles. The molecule has 6 nitrogen and oxygen atoms in total. The highest BCUT2D eigenvalue weighted by Gasteiger charge is 2.31. The fourth-order valence-corrected chi connectivity index (χ4v) is 5.52. The molecule has 1 saturated carbocycles. The molecular formula is C29H35N3O3. The molecular weight excluding hydrogens is 438 g/mol. The quantitative estimate of drug-likeness (QED) is 0.474. The van der Waals surface area contributed by atoms with Gasteiger partial charge in [-0.3, -0.25) is 9.59 Å². The second-order valence-electron chi connectivity index (χ2n) is 10.2. The van der Waals surface area contributed by atoms with Crippen LogP contribution in [0.1, 0.15) is 68.6 Å². The van der Waals surface area contributed by atoms with E-state index in [1.807, 2.05) is 53.4 Å². The molecule has 0 bridgehead atoms. The summed E-state index contributed by atoms with van der Waals surface area (Å²) in [7, 11) is 0. The Kier molecular flexibility index (Phi) is 7.16. The zero-order valence-electron chi connectivity index (χ0n) is 20.5. The first-order chi connectivity index (χ1) is 17.1. The molecule has 2 fully saturated rings. The molecule has 1 aliphatic heterocycles. The van der Waals surface area contributed by atoms with Gasteiger partial charge in [0, 0.05) is 36.2 Å². The Morgan fingerprint density at radius 2 is 1.69 bits per heavy atom. The van der Waals surface area contributed by atoms with Crippen LogP contribution in [0.5, 0.6) is 0 Å². The molecule has 1 saturated heterocycles. The van der Waals surface area contributed by atoms with E-state index in [2.05, 4.69) is 17.2 Å². The summed E-state index contributed by atoms with van der Waals surface area (Å²) in [5, 5.41) is 3.31. The summed E-state index contributed by atoms with van der Waals surface area (Å²) < 4.78 is 5.88. The number of likely N-dealkylation sites (tertiary alicyclic amines) is 1. The normalized spacial score (nSPS) is 18.8. The predicted molar refractivity (Wildman–Crippen MR) is 137 cm³/mol. The molecule has 0 radical (unpaired) electrons. The zero-order valence-corrected chi connectivity index (χ0v) is 20.5.